The lowest BCUT2D eigenvalue weighted by molar-refractivity contribution is 0.686. The summed E-state index contributed by atoms with van der Waals surface area (Å²) in [6.45, 7) is 8.79. The van der Waals surface area contributed by atoms with Crippen LogP contribution in [-0.4, -0.2) is 42.4 Å². The fourth-order valence-electron chi connectivity index (χ4n) is 1.91. The summed E-state index contributed by atoms with van der Waals surface area (Å²) in [5, 5.41) is 26.7. The van der Waals surface area contributed by atoms with Crippen molar-refractivity contribution >= 4 is 11.7 Å². The number of anilines is 1. The van der Waals surface area contributed by atoms with Crippen LogP contribution in [0.3, 0.4) is 0 Å². The van der Waals surface area contributed by atoms with E-state index < -0.39 is 0 Å². The highest BCUT2D eigenvalue weighted by molar-refractivity contribution is 5.87. The molecule has 3 heterocycles. The predicted octanol–water partition coefficient (Wildman–Crippen LogP) is 0.901. The Kier molecular flexibility index (Phi) is 2.92. The van der Waals surface area contributed by atoms with Crippen LogP contribution in [0.5, 0.6) is 0 Å². The molecule has 0 fully saturated rings. The second kappa shape index (κ2) is 4.62. The molecule has 2 aromatic rings. The van der Waals surface area contributed by atoms with E-state index >= 15 is 0 Å². The van der Waals surface area contributed by atoms with Crippen LogP contribution in [0.2, 0.25) is 0 Å². The van der Waals surface area contributed by atoms with Gasteiger partial charge in [0.05, 0.1) is 12.2 Å². The minimum absolute atomic E-state index is 0.359. The highest BCUT2D eigenvalue weighted by Crippen LogP contribution is 2.17. The van der Waals surface area contributed by atoms with Crippen molar-refractivity contribution in [3.05, 3.63) is 17.5 Å². The summed E-state index contributed by atoms with van der Waals surface area (Å²) in [7, 11) is 0. The Hall–Kier alpha value is -2.38. The fourth-order valence-corrected chi connectivity index (χ4v) is 1.91. The number of hydrogen-bond acceptors (Lipinski definition) is 7. The number of hydrazone groups is 1. The first-order valence-corrected chi connectivity index (χ1v) is 6.48. The van der Waals surface area contributed by atoms with Gasteiger partial charge in [0.1, 0.15) is 0 Å². The van der Waals surface area contributed by atoms with E-state index in [1.807, 2.05) is 27.0 Å². The Morgan fingerprint density at radius 3 is 2.20 bits per heavy atom. The van der Waals surface area contributed by atoms with Gasteiger partial charge in [-0.3, -0.25) is 0 Å². The highest BCUT2D eigenvalue weighted by Gasteiger charge is 2.23. The maximum atomic E-state index is 4.38. The van der Waals surface area contributed by atoms with Gasteiger partial charge in [0.15, 0.2) is 0 Å². The van der Waals surface area contributed by atoms with Gasteiger partial charge in [0, 0.05) is 17.8 Å². The Morgan fingerprint density at radius 2 is 1.70 bits per heavy atom. The summed E-state index contributed by atoms with van der Waals surface area (Å²) in [6.07, 6.45) is 1.86. The van der Waals surface area contributed by atoms with E-state index in [9.17, 15) is 0 Å². The van der Waals surface area contributed by atoms with E-state index in [1.165, 1.54) is 0 Å². The van der Waals surface area contributed by atoms with E-state index in [2.05, 4.69) is 37.5 Å². The van der Waals surface area contributed by atoms with Crippen molar-refractivity contribution in [2.75, 3.05) is 11.6 Å². The molecule has 0 saturated heterocycles. The van der Waals surface area contributed by atoms with Crippen molar-refractivity contribution in [2.24, 2.45) is 11.0 Å². The average molecular weight is 272 g/mol. The Morgan fingerprint density at radius 1 is 1.05 bits per heavy atom. The zero-order chi connectivity index (χ0) is 14.3. The molecule has 3 rings (SSSR count). The van der Waals surface area contributed by atoms with Crippen molar-refractivity contribution in [3.8, 4) is 5.95 Å². The van der Waals surface area contributed by atoms with E-state index in [0.29, 0.717) is 17.8 Å². The van der Waals surface area contributed by atoms with Crippen LogP contribution in [0.1, 0.15) is 25.1 Å². The summed E-state index contributed by atoms with van der Waals surface area (Å²) in [6, 6.07) is 0. The van der Waals surface area contributed by atoms with E-state index in [0.717, 1.165) is 23.5 Å². The van der Waals surface area contributed by atoms with Crippen LogP contribution >= 0.6 is 0 Å². The molecule has 0 aromatic carbocycles. The largest absolute Gasteiger partial charge is 0.289 e. The van der Waals surface area contributed by atoms with Crippen LogP contribution in [0.25, 0.3) is 5.95 Å². The lowest BCUT2D eigenvalue weighted by atomic mass is 10.1. The molecule has 1 aliphatic heterocycles. The van der Waals surface area contributed by atoms with Gasteiger partial charge in [0.25, 0.3) is 11.9 Å². The van der Waals surface area contributed by atoms with E-state index in [4.69, 9.17) is 0 Å². The second-order valence-corrected chi connectivity index (χ2v) is 5.07. The molecule has 0 bridgehead atoms. The molecule has 0 aliphatic carbocycles. The number of hydrogen-bond donors (Lipinski definition) is 0. The average Bonchev–Trinajstić information content (AvgIpc) is 2.94. The quantitative estimate of drug-likeness (QED) is 0.807. The van der Waals surface area contributed by atoms with Crippen LogP contribution in [0.4, 0.5) is 5.95 Å². The fraction of sp³-hybridized carbons (Fsp3) is 0.500. The molecule has 104 valence electrons. The molecule has 8 heteroatoms. The monoisotopic (exact) mass is 272 g/mol. The minimum atomic E-state index is 0.359. The van der Waals surface area contributed by atoms with Crippen LogP contribution < -0.4 is 5.01 Å². The van der Waals surface area contributed by atoms with Crippen molar-refractivity contribution in [1.82, 2.24) is 30.2 Å². The topological polar surface area (TPSA) is 85.0 Å². The van der Waals surface area contributed by atoms with Gasteiger partial charge in [-0.1, -0.05) is 6.92 Å². The van der Waals surface area contributed by atoms with Gasteiger partial charge in [-0.15, -0.1) is 20.4 Å². The summed E-state index contributed by atoms with van der Waals surface area (Å²) < 4.78 is 1.58. The molecule has 0 saturated carbocycles. The van der Waals surface area contributed by atoms with Crippen molar-refractivity contribution < 1.29 is 0 Å². The molecule has 1 aliphatic rings. The maximum absolute atomic E-state index is 4.38. The standard InChI is InChI=1S/C12H16N8/c1-7-5-19(17-9(7)3)11-13-15-12(16-14-11)20-6-8(2)10(4)18-20/h5,8H,6H2,1-4H3. The highest BCUT2D eigenvalue weighted by atomic mass is 15.6. The molecule has 0 radical (unpaired) electrons. The number of nitrogens with zero attached hydrogens (tertiary/aromatic N) is 8. The van der Waals surface area contributed by atoms with Gasteiger partial charge >= 0.3 is 0 Å². The predicted molar refractivity (Wildman–Crippen MR) is 73.8 cm³/mol. The van der Waals surface area contributed by atoms with Gasteiger partial charge in [-0.05, 0) is 26.3 Å². The van der Waals surface area contributed by atoms with Crippen LogP contribution in [0, 0.1) is 19.8 Å². The Bertz CT molecular complexity index is 637. The molecule has 0 spiro atoms. The van der Waals surface area contributed by atoms with E-state index in [1.54, 1.807) is 9.69 Å². The first kappa shape index (κ1) is 12.6. The van der Waals surface area contributed by atoms with Gasteiger partial charge in [-0.25, -0.2) is 9.69 Å². The van der Waals surface area contributed by atoms with Crippen molar-refractivity contribution in [2.45, 2.75) is 27.7 Å². The summed E-state index contributed by atoms with van der Waals surface area (Å²) in [5.41, 5.74) is 3.08. The first-order valence-electron chi connectivity index (χ1n) is 6.48. The molecule has 0 amide bonds. The van der Waals surface area contributed by atoms with Gasteiger partial charge in [-0.2, -0.15) is 10.2 Å². The molecule has 1 atom stereocenters. The third-order valence-corrected chi connectivity index (χ3v) is 3.48. The van der Waals surface area contributed by atoms with Crippen LogP contribution in [-0.2, 0) is 0 Å². The zero-order valence-corrected chi connectivity index (χ0v) is 11.9. The normalized spacial score (nSPS) is 18.5. The van der Waals surface area contributed by atoms with Crippen LogP contribution in [0.15, 0.2) is 11.3 Å². The van der Waals surface area contributed by atoms with Crippen molar-refractivity contribution in [1.29, 1.82) is 0 Å². The van der Waals surface area contributed by atoms with Crippen molar-refractivity contribution in [3.63, 3.8) is 0 Å². The lowest BCUT2D eigenvalue weighted by Crippen LogP contribution is -2.20. The lowest BCUT2D eigenvalue weighted by Gasteiger charge is -2.10. The second-order valence-electron chi connectivity index (χ2n) is 5.07. The SMILES string of the molecule is CC1=NN(c2nnc(-n3cc(C)c(C)n3)nn2)CC1C. The Labute approximate surface area is 116 Å². The number of aromatic nitrogens is 6. The van der Waals surface area contributed by atoms with E-state index in [-0.39, 0.29) is 0 Å². The molecule has 0 N–H and O–H groups in total. The molecule has 20 heavy (non-hydrogen) atoms. The zero-order valence-electron chi connectivity index (χ0n) is 11.9. The third kappa shape index (κ3) is 2.13. The summed E-state index contributed by atoms with van der Waals surface area (Å²) >= 11 is 0. The Balaban J connectivity index is 1.85. The number of rotatable bonds is 2. The molecule has 1 unspecified atom stereocenters. The molecule has 8 nitrogen and oxygen atoms in total. The number of aryl methyl sites for hydroxylation is 2. The minimum Gasteiger partial charge on any atom is -0.229 e. The molecular formula is C12H16N8. The van der Waals surface area contributed by atoms with Gasteiger partial charge < -0.3 is 0 Å². The summed E-state index contributed by atoms with van der Waals surface area (Å²) in [4.78, 5) is 0. The molecule has 2 aromatic heterocycles. The smallest absolute Gasteiger partial charge is 0.229 e. The first-order chi connectivity index (χ1) is 9.54. The molecular weight excluding hydrogens is 256 g/mol. The maximum Gasteiger partial charge on any atom is 0.289 e. The third-order valence-electron chi connectivity index (χ3n) is 3.48. The van der Waals surface area contributed by atoms with Gasteiger partial charge in [0.2, 0.25) is 0 Å². The summed E-state index contributed by atoms with van der Waals surface area (Å²) in [5.74, 6) is 1.17.